The van der Waals surface area contributed by atoms with Crippen LogP contribution in [0, 0.1) is 0 Å². The predicted molar refractivity (Wildman–Crippen MR) is 112 cm³/mol. The van der Waals surface area contributed by atoms with Crippen molar-refractivity contribution in [2.75, 3.05) is 45.9 Å². The maximum Gasteiger partial charge on any atom is 0.191 e. The highest BCUT2D eigenvalue weighted by molar-refractivity contribution is 5.79. The Hall–Kier alpha value is -1.59. The van der Waals surface area contributed by atoms with E-state index in [1.165, 1.54) is 24.9 Å². The highest BCUT2D eigenvalue weighted by Gasteiger charge is 2.34. The number of nitrogens with one attached hydrogen (secondary N) is 2. The Morgan fingerprint density at radius 3 is 2.67 bits per heavy atom. The van der Waals surface area contributed by atoms with Crippen LogP contribution in [0.15, 0.2) is 35.3 Å². The van der Waals surface area contributed by atoms with Crippen molar-refractivity contribution in [2.24, 2.45) is 4.99 Å². The van der Waals surface area contributed by atoms with Crippen LogP contribution in [-0.4, -0.2) is 62.8 Å². The Kier molecular flexibility index (Phi) is 7.53. The fourth-order valence-electron chi connectivity index (χ4n) is 4.42. The Balaban J connectivity index is 1.68. The van der Waals surface area contributed by atoms with Crippen molar-refractivity contribution in [3.05, 3.63) is 35.9 Å². The maximum atomic E-state index is 5.65. The van der Waals surface area contributed by atoms with Gasteiger partial charge in [0.2, 0.25) is 0 Å². The molecule has 27 heavy (non-hydrogen) atoms. The summed E-state index contributed by atoms with van der Waals surface area (Å²) in [6.07, 6.45) is 4.66. The summed E-state index contributed by atoms with van der Waals surface area (Å²) in [6.45, 7) is 11.1. The van der Waals surface area contributed by atoms with Gasteiger partial charge in [-0.25, -0.2) is 0 Å². The van der Waals surface area contributed by atoms with Gasteiger partial charge in [-0.05, 0) is 51.3 Å². The van der Waals surface area contributed by atoms with Gasteiger partial charge < -0.3 is 15.4 Å². The molecule has 0 bridgehead atoms. The topological polar surface area (TPSA) is 48.9 Å². The van der Waals surface area contributed by atoms with Crippen LogP contribution in [0.4, 0.5) is 0 Å². The van der Waals surface area contributed by atoms with E-state index in [1.807, 2.05) is 0 Å². The van der Waals surface area contributed by atoms with Crippen molar-refractivity contribution >= 4 is 5.96 Å². The van der Waals surface area contributed by atoms with Gasteiger partial charge in [0.25, 0.3) is 0 Å². The molecule has 0 spiro atoms. The van der Waals surface area contributed by atoms with Gasteiger partial charge >= 0.3 is 0 Å². The Bertz CT molecular complexity index is 583. The zero-order valence-electron chi connectivity index (χ0n) is 17.0. The molecule has 5 nitrogen and oxygen atoms in total. The van der Waals surface area contributed by atoms with Gasteiger partial charge in [-0.1, -0.05) is 37.3 Å². The van der Waals surface area contributed by atoms with Crippen LogP contribution in [0.1, 0.15) is 45.1 Å². The lowest BCUT2D eigenvalue weighted by Crippen LogP contribution is -2.46. The molecule has 2 aliphatic rings. The van der Waals surface area contributed by atoms with Gasteiger partial charge in [0.15, 0.2) is 5.96 Å². The van der Waals surface area contributed by atoms with Crippen molar-refractivity contribution in [2.45, 2.75) is 51.0 Å². The van der Waals surface area contributed by atoms with Gasteiger partial charge in [-0.15, -0.1) is 0 Å². The maximum absolute atomic E-state index is 5.65. The Labute approximate surface area is 164 Å². The lowest BCUT2D eigenvalue weighted by Gasteiger charge is -2.36. The minimum absolute atomic E-state index is 0.0880. The number of likely N-dealkylation sites (tertiary alicyclic amines) is 1. The third-order valence-corrected chi connectivity index (χ3v) is 6.13. The smallest absolute Gasteiger partial charge is 0.191 e. The highest BCUT2D eigenvalue weighted by atomic mass is 16.5. The lowest BCUT2D eigenvalue weighted by atomic mass is 9.74. The number of benzene rings is 1. The first-order valence-corrected chi connectivity index (χ1v) is 10.7. The van der Waals surface area contributed by atoms with E-state index in [0.717, 1.165) is 58.2 Å². The molecular weight excluding hydrogens is 336 g/mol. The molecule has 2 heterocycles. The average Bonchev–Trinajstić information content (AvgIpc) is 3.19. The van der Waals surface area contributed by atoms with Crippen molar-refractivity contribution in [3.63, 3.8) is 0 Å². The number of aliphatic imine (C=N–C) groups is 1. The highest BCUT2D eigenvalue weighted by Crippen LogP contribution is 2.35. The summed E-state index contributed by atoms with van der Waals surface area (Å²) in [5.74, 6) is 0.947. The summed E-state index contributed by atoms with van der Waals surface area (Å²) in [5.41, 5.74) is 1.48. The van der Waals surface area contributed by atoms with Crippen LogP contribution < -0.4 is 10.6 Å². The quantitative estimate of drug-likeness (QED) is 0.571. The van der Waals surface area contributed by atoms with E-state index >= 15 is 0 Å². The number of hydrogen-bond acceptors (Lipinski definition) is 3. The Morgan fingerprint density at radius 1 is 1.19 bits per heavy atom. The number of likely N-dealkylation sites (N-methyl/N-ethyl adjacent to an activating group) is 1. The fraction of sp³-hybridized carbons (Fsp3) is 0.682. The molecule has 1 atom stereocenters. The van der Waals surface area contributed by atoms with Crippen LogP contribution in [0.2, 0.25) is 0 Å². The van der Waals surface area contributed by atoms with E-state index in [0.29, 0.717) is 6.04 Å². The summed E-state index contributed by atoms with van der Waals surface area (Å²) in [6, 6.07) is 11.5. The summed E-state index contributed by atoms with van der Waals surface area (Å²) in [7, 11) is 0. The molecule has 2 aliphatic heterocycles. The Morgan fingerprint density at radius 2 is 1.96 bits per heavy atom. The molecule has 0 amide bonds. The van der Waals surface area contributed by atoms with Crippen molar-refractivity contribution in [3.8, 4) is 0 Å². The van der Waals surface area contributed by atoms with Gasteiger partial charge in [0.1, 0.15) is 0 Å². The molecule has 1 aromatic carbocycles. The van der Waals surface area contributed by atoms with E-state index < -0.39 is 0 Å². The molecule has 0 saturated carbocycles. The van der Waals surface area contributed by atoms with Crippen molar-refractivity contribution in [1.29, 1.82) is 0 Å². The minimum Gasteiger partial charge on any atom is -0.381 e. The van der Waals surface area contributed by atoms with Crippen LogP contribution in [0.3, 0.4) is 0 Å². The second kappa shape index (κ2) is 10.1. The lowest BCUT2D eigenvalue weighted by molar-refractivity contribution is 0.0531. The molecule has 1 aromatic rings. The van der Waals surface area contributed by atoms with E-state index in [2.05, 4.69) is 59.7 Å². The molecule has 3 rings (SSSR count). The second-order valence-electron chi connectivity index (χ2n) is 7.76. The van der Waals surface area contributed by atoms with Crippen molar-refractivity contribution in [1.82, 2.24) is 15.5 Å². The first kappa shape index (κ1) is 20.2. The molecule has 2 fully saturated rings. The normalized spacial score (nSPS) is 23.3. The summed E-state index contributed by atoms with van der Waals surface area (Å²) >= 11 is 0. The van der Waals surface area contributed by atoms with Gasteiger partial charge in [0.05, 0.1) is 6.54 Å². The number of rotatable bonds is 7. The first-order chi connectivity index (χ1) is 13.3. The van der Waals surface area contributed by atoms with Gasteiger partial charge in [-0.3, -0.25) is 9.89 Å². The molecule has 5 heteroatoms. The van der Waals surface area contributed by atoms with E-state index in [-0.39, 0.29) is 5.41 Å². The van der Waals surface area contributed by atoms with Crippen LogP contribution in [0.5, 0.6) is 0 Å². The molecule has 2 saturated heterocycles. The number of ether oxygens (including phenoxy) is 1. The molecule has 0 aliphatic carbocycles. The van der Waals surface area contributed by atoms with Crippen LogP contribution in [0.25, 0.3) is 0 Å². The molecule has 2 N–H and O–H groups in total. The van der Waals surface area contributed by atoms with Gasteiger partial charge in [-0.2, -0.15) is 0 Å². The van der Waals surface area contributed by atoms with E-state index in [9.17, 15) is 0 Å². The SMILES string of the molecule is CCNC(=NCC1(c2ccccc2)CCOCC1)NCC1CCCN1CC. The third kappa shape index (κ3) is 5.23. The summed E-state index contributed by atoms with van der Waals surface area (Å²) in [4.78, 5) is 7.59. The predicted octanol–water partition coefficient (Wildman–Crippen LogP) is 2.77. The monoisotopic (exact) mass is 372 g/mol. The molecule has 0 aromatic heterocycles. The standard InChI is InChI=1S/C22H36N4O/c1-3-23-21(24-17-20-11-8-14-26(20)4-2)25-18-22(12-15-27-16-13-22)19-9-6-5-7-10-19/h5-7,9-10,20H,3-4,8,11-18H2,1-2H3,(H2,23,24,25). The zero-order chi connectivity index (χ0) is 19.0. The zero-order valence-corrected chi connectivity index (χ0v) is 17.0. The second-order valence-corrected chi connectivity index (χ2v) is 7.76. The molecular formula is C22H36N4O. The molecule has 1 unspecified atom stereocenters. The van der Waals surface area contributed by atoms with Crippen LogP contribution in [-0.2, 0) is 10.2 Å². The van der Waals surface area contributed by atoms with Crippen molar-refractivity contribution < 1.29 is 4.74 Å². The summed E-state index contributed by atoms with van der Waals surface area (Å²) < 4.78 is 5.65. The number of nitrogens with zero attached hydrogens (tertiary/aromatic N) is 2. The number of guanidine groups is 1. The van der Waals surface area contributed by atoms with E-state index in [1.54, 1.807) is 0 Å². The molecule has 150 valence electrons. The minimum atomic E-state index is 0.0880. The van der Waals surface area contributed by atoms with E-state index in [4.69, 9.17) is 9.73 Å². The fourth-order valence-corrected chi connectivity index (χ4v) is 4.42. The number of hydrogen-bond donors (Lipinski definition) is 2. The first-order valence-electron chi connectivity index (χ1n) is 10.7. The molecule has 0 radical (unpaired) electrons. The van der Waals surface area contributed by atoms with Crippen LogP contribution >= 0.6 is 0 Å². The summed E-state index contributed by atoms with van der Waals surface area (Å²) in [5, 5.41) is 7.04. The van der Waals surface area contributed by atoms with Gasteiger partial charge in [0, 0.05) is 37.8 Å². The largest absolute Gasteiger partial charge is 0.381 e. The average molecular weight is 373 g/mol. The third-order valence-electron chi connectivity index (χ3n) is 6.13.